The van der Waals surface area contributed by atoms with Gasteiger partial charge in [-0.3, -0.25) is 30.6 Å². The van der Waals surface area contributed by atoms with Crippen molar-refractivity contribution in [3.05, 3.63) is 92.0 Å². The van der Waals surface area contributed by atoms with Gasteiger partial charge in [-0.05, 0) is 36.8 Å². The van der Waals surface area contributed by atoms with Crippen molar-refractivity contribution in [2.45, 2.75) is 13.5 Å². The van der Waals surface area contributed by atoms with Gasteiger partial charge in [0.05, 0.1) is 17.2 Å². The van der Waals surface area contributed by atoms with Crippen molar-refractivity contribution in [3.8, 4) is 0 Å². The number of aromatic nitrogens is 2. The minimum atomic E-state index is -0.682. The lowest BCUT2D eigenvalue weighted by Crippen LogP contribution is -2.41. The Morgan fingerprint density at radius 2 is 1.70 bits per heavy atom. The van der Waals surface area contributed by atoms with Crippen molar-refractivity contribution in [3.63, 3.8) is 0 Å². The van der Waals surface area contributed by atoms with Gasteiger partial charge in [0.2, 0.25) is 0 Å². The summed E-state index contributed by atoms with van der Waals surface area (Å²) in [7, 11) is 0. The first-order valence-corrected chi connectivity index (χ1v) is 8.96. The molecule has 0 aliphatic rings. The largest absolute Gasteiger partial charge is 0.274 e. The number of benzene rings is 2. The second kappa shape index (κ2) is 8.70. The summed E-state index contributed by atoms with van der Waals surface area (Å²) in [5.74, 6) is -1.71. The summed E-state index contributed by atoms with van der Waals surface area (Å²) in [4.78, 5) is 34.7. The van der Waals surface area contributed by atoms with E-state index in [0.717, 1.165) is 5.56 Å². The molecule has 9 nitrogen and oxygen atoms in total. The highest BCUT2D eigenvalue weighted by molar-refractivity contribution is 6.33. The maximum absolute atomic E-state index is 13.0. The van der Waals surface area contributed by atoms with Crippen LogP contribution in [-0.4, -0.2) is 26.5 Å². The molecule has 0 bridgehead atoms. The van der Waals surface area contributed by atoms with E-state index in [1.54, 1.807) is 19.1 Å². The van der Waals surface area contributed by atoms with Crippen LogP contribution in [0.5, 0.6) is 0 Å². The van der Waals surface area contributed by atoms with Gasteiger partial charge in [0, 0.05) is 17.7 Å². The van der Waals surface area contributed by atoms with Crippen LogP contribution >= 0.6 is 11.6 Å². The Morgan fingerprint density at radius 1 is 1.10 bits per heavy atom. The number of non-ortho nitro benzene ring substituents is 1. The molecule has 0 aliphatic carbocycles. The summed E-state index contributed by atoms with van der Waals surface area (Å²) in [6.07, 6.45) is 0. The molecule has 1 heterocycles. The third-order valence-electron chi connectivity index (χ3n) is 4.17. The Labute approximate surface area is 174 Å². The maximum Gasteiger partial charge on any atom is 0.274 e. The summed E-state index contributed by atoms with van der Waals surface area (Å²) in [6, 6.07) is 10.6. The van der Waals surface area contributed by atoms with E-state index in [9.17, 15) is 24.1 Å². The Hall–Kier alpha value is -3.79. The van der Waals surface area contributed by atoms with Gasteiger partial charge >= 0.3 is 0 Å². The number of nitro groups is 1. The summed E-state index contributed by atoms with van der Waals surface area (Å²) >= 11 is 6.27. The zero-order valence-electron chi connectivity index (χ0n) is 15.6. The molecule has 0 radical (unpaired) electrons. The first kappa shape index (κ1) is 20.9. The SMILES string of the molecule is Cc1nn(Cc2ccc(F)cc2)c(Cl)c1C(=O)NNC(=O)c1ccc([N+](=O)[O-])cc1. The lowest BCUT2D eigenvalue weighted by Gasteiger charge is -2.08. The van der Waals surface area contributed by atoms with E-state index in [0.29, 0.717) is 5.69 Å². The summed E-state index contributed by atoms with van der Waals surface area (Å²) in [5, 5.41) is 14.9. The normalized spacial score (nSPS) is 10.5. The lowest BCUT2D eigenvalue weighted by atomic mass is 10.2. The van der Waals surface area contributed by atoms with E-state index in [4.69, 9.17) is 11.6 Å². The van der Waals surface area contributed by atoms with Gasteiger partial charge in [0.15, 0.2) is 0 Å². The molecule has 0 spiro atoms. The second-order valence-electron chi connectivity index (χ2n) is 6.25. The van der Waals surface area contributed by atoms with Crippen molar-refractivity contribution < 1.29 is 18.9 Å². The number of nitrogens with one attached hydrogen (secondary N) is 2. The van der Waals surface area contributed by atoms with Gasteiger partial charge in [0.1, 0.15) is 16.5 Å². The van der Waals surface area contributed by atoms with Gasteiger partial charge in [-0.1, -0.05) is 23.7 Å². The van der Waals surface area contributed by atoms with Crippen LogP contribution in [0, 0.1) is 22.9 Å². The van der Waals surface area contributed by atoms with Crippen molar-refractivity contribution in [1.29, 1.82) is 0 Å². The van der Waals surface area contributed by atoms with Crippen molar-refractivity contribution in [1.82, 2.24) is 20.6 Å². The topological polar surface area (TPSA) is 119 Å². The fourth-order valence-electron chi connectivity index (χ4n) is 2.66. The predicted octanol–water partition coefficient (Wildman–Crippen LogP) is 3.02. The summed E-state index contributed by atoms with van der Waals surface area (Å²) in [6.45, 7) is 1.81. The minimum absolute atomic E-state index is 0.0545. The van der Waals surface area contributed by atoms with Gasteiger partial charge in [0.25, 0.3) is 17.5 Å². The number of carbonyl (C=O) groups excluding carboxylic acids is 2. The van der Waals surface area contributed by atoms with E-state index in [1.165, 1.54) is 41.1 Å². The average molecular weight is 432 g/mol. The molecule has 0 aliphatic heterocycles. The smallest absolute Gasteiger partial charge is 0.267 e. The van der Waals surface area contributed by atoms with Crippen LogP contribution in [0.4, 0.5) is 10.1 Å². The maximum atomic E-state index is 13.0. The first-order chi connectivity index (χ1) is 14.3. The summed E-state index contributed by atoms with van der Waals surface area (Å²) in [5.41, 5.74) is 5.57. The van der Waals surface area contributed by atoms with Gasteiger partial charge < -0.3 is 0 Å². The van der Waals surface area contributed by atoms with Crippen LogP contribution < -0.4 is 10.9 Å². The molecule has 0 fully saturated rings. The molecule has 3 aromatic rings. The minimum Gasteiger partial charge on any atom is -0.267 e. The third kappa shape index (κ3) is 4.61. The van der Waals surface area contributed by atoms with Crippen molar-refractivity contribution >= 4 is 29.1 Å². The number of hydrogen-bond donors (Lipinski definition) is 2. The van der Waals surface area contributed by atoms with Crippen LogP contribution in [0.25, 0.3) is 0 Å². The predicted molar refractivity (Wildman–Crippen MR) is 106 cm³/mol. The average Bonchev–Trinajstić information content (AvgIpc) is 3.00. The monoisotopic (exact) mass is 431 g/mol. The second-order valence-corrected chi connectivity index (χ2v) is 6.61. The molecule has 11 heteroatoms. The Bertz CT molecular complexity index is 1110. The third-order valence-corrected chi connectivity index (χ3v) is 4.55. The Kier molecular flexibility index (Phi) is 6.07. The first-order valence-electron chi connectivity index (χ1n) is 8.58. The van der Waals surface area contributed by atoms with Gasteiger partial charge in [-0.15, -0.1) is 0 Å². The van der Waals surface area contributed by atoms with Gasteiger partial charge in [-0.2, -0.15) is 5.10 Å². The molecule has 1 aromatic heterocycles. The number of aryl methyl sites for hydroxylation is 1. The number of rotatable bonds is 5. The van der Waals surface area contributed by atoms with Crippen LogP contribution in [0.2, 0.25) is 5.15 Å². The molecule has 0 unspecified atom stereocenters. The molecule has 0 atom stereocenters. The molecule has 0 saturated carbocycles. The Balaban J connectivity index is 1.67. The van der Waals surface area contributed by atoms with E-state index < -0.39 is 16.7 Å². The molecule has 2 amide bonds. The summed E-state index contributed by atoms with van der Waals surface area (Å²) < 4.78 is 14.4. The molecule has 2 aromatic carbocycles. The number of hydrogen-bond acceptors (Lipinski definition) is 5. The van der Waals surface area contributed by atoms with E-state index in [-0.39, 0.29) is 34.3 Å². The molecular weight excluding hydrogens is 417 g/mol. The number of nitrogens with zero attached hydrogens (tertiary/aromatic N) is 3. The molecule has 30 heavy (non-hydrogen) atoms. The highest BCUT2D eigenvalue weighted by Gasteiger charge is 2.21. The van der Waals surface area contributed by atoms with Crippen molar-refractivity contribution in [2.75, 3.05) is 0 Å². The molecule has 0 saturated heterocycles. The standard InChI is InChI=1S/C19H15ClFN5O4/c1-11-16(17(20)25(24-11)10-12-2-6-14(21)7-3-12)19(28)23-22-18(27)13-4-8-15(9-5-13)26(29)30/h2-9H,10H2,1H3,(H,22,27)(H,23,28). The van der Waals surface area contributed by atoms with E-state index in [2.05, 4.69) is 16.0 Å². The zero-order valence-corrected chi connectivity index (χ0v) is 16.3. The van der Waals surface area contributed by atoms with Gasteiger partial charge in [-0.25, -0.2) is 9.07 Å². The molecular formula is C19H15ClFN5O4. The Morgan fingerprint density at radius 3 is 2.30 bits per heavy atom. The molecule has 154 valence electrons. The fraction of sp³-hybridized carbons (Fsp3) is 0.105. The number of hydrazine groups is 1. The van der Waals surface area contributed by atoms with Crippen LogP contribution in [0.3, 0.4) is 0 Å². The van der Waals surface area contributed by atoms with Crippen molar-refractivity contribution in [2.24, 2.45) is 0 Å². The van der Waals surface area contributed by atoms with E-state index in [1.807, 2.05) is 0 Å². The number of carbonyl (C=O) groups is 2. The van der Waals surface area contributed by atoms with Crippen LogP contribution in [-0.2, 0) is 6.54 Å². The van der Waals surface area contributed by atoms with E-state index >= 15 is 0 Å². The van der Waals surface area contributed by atoms with Crippen LogP contribution in [0.15, 0.2) is 48.5 Å². The zero-order chi connectivity index (χ0) is 21.8. The lowest BCUT2D eigenvalue weighted by molar-refractivity contribution is -0.384. The number of amides is 2. The molecule has 3 rings (SSSR count). The van der Waals surface area contributed by atoms with Crippen LogP contribution in [0.1, 0.15) is 32.0 Å². The number of halogens is 2. The highest BCUT2D eigenvalue weighted by Crippen LogP contribution is 2.21. The fourth-order valence-corrected chi connectivity index (χ4v) is 2.98. The quantitative estimate of drug-likeness (QED) is 0.475. The molecule has 2 N–H and O–H groups in total. The number of nitro benzene ring substituents is 1. The highest BCUT2D eigenvalue weighted by atomic mass is 35.5.